The van der Waals surface area contributed by atoms with Gasteiger partial charge in [0.1, 0.15) is 0 Å². The first-order chi connectivity index (χ1) is 9.58. The quantitative estimate of drug-likeness (QED) is 0.863. The fourth-order valence-electron chi connectivity index (χ4n) is 3.23. The Morgan fingerprint density at radius 1 is 1.20 bits per heavy atom. The first-order valence-electron chi connectivity index (χ1n) is 8.34. The average Bonchev–Trinajstić information content (AvgIpc) is 2.45. The number of urea groups is 1. The summed E-state index contributed by atoms with van der Waals surface area (Å²) in [5.41, 5.74) is 0. The Morgan fingerprint density at radius 2 is 1.80 bits per heavy atom. The van der Waals surface area contributed by atoms with Gasteiger partial charge in [0, 0.05) is 25.7 Å². The van der Waals surface area contributed by atoms with Crippen LogP contribution >= 0.6 is 0 Å². The van der Waals surface area contributed by atoms with Gasteiger partial charge in [-0.2, -0.15) is 0 Å². The summed E-state index contributed by atoms with van der Waals surface area (Å²) in [5.74, 6) is 1.45. The number of piperidine rings is 2. The molecule has 1 N–H and O–H groups in total. The van der Waals surface area contributed by atoms with Crippen molar-refractivity contribution in [1.29, 1.82) is 0 Å². The van der Waals surface area contributed by atoms with Crippen LogP contribution in [0.2, 0.25) is 0 Å². The first-order valence-corrected chi connectivity index (χ1v) is 8.34. The predicted octanol–water partition coefficient (Wildman–Crippen LogP) is 2.55. The minimum Gasteiger partial charge on any atom is -0.325 e. The second kappa shape index (κ2) is 7.30. The molecule has 0 radical (unpaired) electrons. The van der Waals surface area contributed by atoms with Crippen LogP contribution in [0.4, 0.5) is 4.79 Å². The molecule has 2 aliphatic rings. The molecule has 2 aliphatic heterocycles. The van der Waals surface area contributed by atoms with Crippen molar-refractivity contribution >= 4 is 6.03 Å². The van der Waals surface area contributed by atoms with Crippen LogP contribution in [0.15, 0.2) is 0 Å². The molecule has 2 amide bonds. The highest BCUT2D eigenvalue weighted by Crippen LogP contribution is 2.20. The van der Waals surface area contributed by atoms with Crippen LogP contribution in [0.5, 0.6) is 0 Å². The number of nitrogens with one attached hydrogen (secondary N) is 1. The summed E-state index contributed by atoms with van der Waals surface area (Å²) in [5, 5.41) is 3.40. The Labute approximate surface area is 123 Å². The number of amides is 2. The van der Waals surface area contributed by atoms with Gasteiger partial charge in [0.25, 0.3) is 0 Å². The number of hydrogen-bond donors (Lipinski definition) is 1. The number of carbonyl (C=O) groups excluding carboxylic acids is 1. The lowest BCUT2D eigenvalue weighted by Crippen LogP contribution is -2.51. The molecular weight excluding hydrogens is 250 g/mol. The molecule has 0 bridgehead atoms. The minimum absolute atomic E-state index is 0.269. The molecule has 4 heteroatoms. The molecule has 0 aromatic heterocycles. The molecule has 2 heterocycles. The van der Waals surface area contributed by atoms with Gasteiger partial charge in [-0.1, -0.05) is 6.92 Å². The van der Waals surface area contributed by atoms with Crippen LogP contribution in [0, 0.1) is 11.8 Å². The van der Waals surface area contributed by atoms with Gasteiger partial charge < -0.3 is 15.1 Å². The summed E-state index contributed by atoms with van der Waals surface area (Å²) >= 11 is 0. The maximum absolute atomic E-state index is 12.8. The smallest absolute Gasteiger partial charge is 0.320 e. The van der Waals surface area contributed by atoms with E-state index >= 15 is 0 Å². The largest absolute Gasteiger partial charge is 0.325 e. The molecule has 0 spiro atoms. The Kier molecular flexibility index (Phi) is 5.70. The normalized spacial score (nSPS) is 22.3. The Morgan fingerprint density at radius 3 is 2.35 bits per heavy atom. The number of carbonyl (C=O) groups is 1. The number of hydrogen-bond acceptors (Lipinski definition) is 2. The van der Waals surface area contributed by atoms with E-state index in [0.29, 0.717) is 12.0 Å². The molecule has 0 unspecified atom stereocenters. The topological polar surface area (TPSA) is 35.6 Å². The summed E-state index contributed by atoms with van der Waals surface area (Å²) in [6.07, 6.45) is 4.72. The van der Waals surface area contributed by atoms with E-state index in [1.165, 1.54) is 12.8 Å². The standard InChI is InChI=1S/C16H31N3O/c1-13(2)19(12-15-4-8-17-9-5-15)16(20)18-10-6-14(3)7-11-18/h13-15,17H,4-12H2,1-3H3. The van der Waals surface area contributed by atoms with Gasteiger partial charge in [0.2, 0.25) is 0 Å². The molecule has 0 atom stereocenters. The molecule has 0 aliphatic carbocycles. The van der Waals surface area contributed by atoms with Crippen LogP contribution < -0.4 is 5.32 Å². The van der Waals surface area contributed by atoms with Crippen molar-refractivity contribution in [1.82, 2.24) is 15.1 Å². The van der Waals surface area contributed by atoms with Crippen molar-refractivity contribution < 1.29 is 4.79 Å². The number of rotatable bonds is 3. The van der Waals surface area contributed by atoms with Crippen LogP contribution in [0.25, 0.3) is 0 Å². The minimum atomic E-state index is 0.269. The fraction of sp³-hybridized carbons (Fsp3) is 0.938. The molecule has 20 heavy (non-hydrogen) atoms. The van der Waals surface area contributed by atoms with Gasteiger partial charge in [-0.15, -0.1) is 0 Å². The van der Waals surface area contributed by atoms with E-state index in [0.717, 1.165) is 51.5 Å². The van der Waals surface area contributed by atoms with Crippen LogP contribution in [-0.2, 0) is 0 Å². The van der Waals surface area contributed by atoms with Crippen molar-refractivity contribution in [3.8, 4) is 0 Å². The molecule has 0 aromatic carbocycles. The summed E-state index contributed by atoms with van der Waals surface area (Å²) in [6.45, 7) is 11.6. The zero-order valence-electron chi connectivity index (χ0n) is 13.4. The highest BCUT2D eigenvalue weighted by atomic mass is 16.2. The van der Waals surface area contributed by atoms with E-state index in [2.05, 4.69) is 35.9 Å². The zero-order valence-corrected chi connectivity index (χ0v) is 13.4. The maximum atomic E-state index is 12.8. The lowest BCUT2D eigenvalue weighted by atomic mass is 9.97. The summed E-state index contributed by atoms with van der Waals surface area (Å²) in [6, 6.07) is 0.571. The summed E-state index contributed by atoms with van der Waals surface area (Å²) in [7, 11) is 0. The molecule has 0 aromatic rings. The van der Waals surface area contributed by atoms with E-state index in [4.69, 9.17) is 0 Å². The van der Waals surface area contributed by atoms with Gasteiger partial charge in [-0.25, -0.2) is 4.79 Å². The highest BCUT2D eigenvalue weighted by molar-refractivity contribution is 5.74. The van der Waals surface area contributed by atoms with E-state index in [1.807, 2.05) is 0 Å². The molecular formula is C16H31N3O. The van der Waals surface area contributed by atoms with E-state index in [1.54, 1.807) is 0 Å². The fourth-order valence-corrected chi connectivity index (χ4v) is 3.23. The maximum Gasteiger partial charge on any atom is 0.320 e. The second-order valence-corrected chi connectivity index (χ2v) is 6.89. The molecule has 116 valence electrons. The first kappa shape index (κ1) is 15.6. The van der Waals surface area contributed by atoms with Crippen molar-refractivity contribution in [2.45, 2.75) is 52.5 Å². The summed E-state index contributed by atoms with van der Waals surface area (Å²) in [4.78, 5) is 16.9. The third kappa shape index (κ3) is 4.11. The third-order valence-electron chi connectivity index (χ3n) is 4.84. The number of likely N-dealkylation sites (tertiary alicyclic amines) is 1. The molecule has 2 rings (SSSR count). The Bertz CT molecular complexity index is 305. The van der Waals surface area contributed by atoms with Gasteiger partial charge in [0.05, 0.1) is 0 Å². The van der Waals surface area contributed by atoms with Gasteiger partial charge in [-0.3, -0.25) is 0 Å². The number of nitrogens with zero attached hydrogens (tertiary/aromatic N) is 2. The highest BCUT2D eigenvalue weighted by Gasteiger charge is 2.28. The lowest BCUT2D eigenvalue weighted by molar-refractivity contribution is 0.112. The van der Waals surface area contributed by atoms with Crippen LogP contribution in [0.3, 0.4) is 0 Å². The van der Waals surface area contributed by atoms with E-state index in [9.17, 15) is 4.79 Å². The summed E-state index contributed by atoms with van der Waals surface area (Å²) < 4.78 is 0. The molecule has 2 fully saturated rings. The monoisotopic (exact) mass is 281 g/mol. The van der Waals surface area contributed by atoms with Gasteiger partial charge in [0.15, 0.2) is 0 Å². The second-order valence-electron chi connectivity index (χ2n) is 6.89. The zero-order chi connectivity index (χ0) is 14.5. The van der Waals surface area contributed by atoms with Crippen molar-refractivity contribution in [3.63, 3.8) is 0 Å². The Balaban J connectivity index is 1.91. The van der Waals surface area contributed by atoms with Crippen molar-refractivity contribution in [2.24, 2.45) is 11.8 Å². The SMILES string of the molecule is CC1CCN(C(=O)N(CC2CCNCC2)C(C)C)CC1. The molecule has 0 saturated carbocycles. The molecule has 2 saturated heterocycles. The lowest BCUT2D eigenvalue weighted by Gasteiger charge is -2.39. The predicted molar refractivity (Wildman–Crippen MR) is 82.8 cm³/mol. The average molecular weight is 281 g/mol. The molecule has 4 nitrogen and oxygen atoms in total. The van der Waals surface area contributed by atoms with E-state index in [-0.39, 0.29) is 6.03 Å². The Hall–Kier alpha value is -0.770. The van der Waals surface area contributed by atoms with Crippen LogP contribution in [0.1, 0.15) is 46.5 Å². The van der Waals surface area contributed by atoms with E-state index < -0.39 is 0 Å². The van der Waals surface area contributed by atoms with Crippen molar-refractivity contribution in [2.75, 3.05) is 32.7 Å². The van der Waals surface area contributed by atoms with Gasteiger partial charge in [-0.05, 0) is 64.5 Å². The van der Waals surface area contributed by atoms with Gasteiger partial charge >= 0.3 is 6.03 Å². The van der Waals surface area contributed by atoms with Crippen molar-refractivity contribution in [3.05, 3.63) is 0 Å². The van der Waals surface area contributed by atoms with Crippen LogP contribution in [-0.4, -0.2) is 54.6 Å². The third-order valence-corrected chi connectivity index (χ3v) is 4.84.